The van der Waals surface area contributed by atoms with Crippen molar-refractivity contribution in [3.05, 3.63) is 33.9 Å². The molecule has 32 heavy (non-hydrogen) atoms. The SMILES string of the molecule is CN(C(=O)CCCCCCCCCNc1ccc([N+](=O)[O-])c(C(F)(F)F)c1)C1CCCC1. The molecular formula is C23H34F3N3O3. The van der Waals surface area contributed by atoms with Crippen LogP contribution in [-0.4, -0.2) is 35.4 Å². The maximum absolute atomic E-state index is 13.0. The maximum Gasteiger partial charge on any atom is 0.423 e. The van der Waals surface area contributed by atoms with Crippen molar-refractivity contribution in [3.63, 3.8) is 0 Å². The molecule has 1 aromatic rings. The fourth-order valence-corrected chi connectivity index (χ4v) is 4.22. The van der Waals surface area contributed by atoms with Crippen molar-refractivity contribution >= 4 is 17.3 Å². The number of nitrogens with one attached hydrogen (secondary N) is 1. The van der Waals surface area contributed by atoms with Gasteiger partial charge in [0.2, 0.25) is 5.91 Å². The van der Waals surface area contributed by atoms with Gasteiger partial charge in [-0.15, -0.1) is 0 Å². The van der Waals surface area contributed by atoms with Gasteiger partial charge in [-0.25, -0.2) is 0 Å². The molecule has 0 radical (unpaired) electrons. The highest BCUT2D eigenvalue weighted by atomic mass is 19.4. The molecule has 0 heterocycles. The van der Waals surface area contributed by atoms with E-state index >= 15 is 0 Å². The summed E-state index contributed by atoms with van der Waals surface area (Å²) in [6.07, 6.45) is 7.45. The van der Waals surface area contributed by atoms with Gasteiger partial charge in [0.15, 0.2) is 0 Å². The molecule has 1 aliphatic carbocycles. The molecule has 0 bridgehead atoms. The molecule has 0 saturated heterocycles. The highest BCUT2D eigenvalue weighted by Gasteiger charge is 2.38. The summed E-state index contributed by atoms with van der Waals surface area (Å²) in [5.41, 5.74) is -1.94. The summed E-state index contributed by atoms with van der Waals surface area (Å²) in [6, 6.07) is 3.42. The van der Waals surface area contributed by atoms with E-state index in [-0.39, 0.29) is 11.6 Å². The van der Waals surface area contributed by atoms with Crippen LogP contribution in [0.15, 0.2) is 18.2 Å². The third-order valence-corrected chi connectivity index (χ3v) is 6.16. The van der Waals surface area contributed by atoms with Crippen LogP contribution in [-0.2, 0) is 11.0 Å². The smallest absolute Gasteiger partial charge is 0.385 e. The number of hydrogen-bond donors (Lipinski definition) is 1. The standard InChI is InChI=1S/C23H34F3N3O3/c1-28(19-11-8-9-12-19)22(30)13-7-5-3-2-4-6-10-16-27-18-14-15-21(29(31)32)20(17-18)23(24,25)26/h14-15,17,19,27H,2-13,16H2,1H3. The Bertz CT molecular complexity index is 750. The van der Waals surface area contributed by atoms with Crippen LogP contribution in [0.3, 0.4) is 0 Å². The predicted molar refractivity (Wildman–Crippen MR) is 119 cm³/mol. The van der Waals surface area contributed by atoms with Crippen LogP contribution in [0, 0.1) is 10.1 Å². The Morgan fingerprint density at radius 2 is 1.69 bits per heavy atom. The van der Waals surface area contributed by atoms with Gasteiger partial charge in [0.05, 0.1) is 4.92 Å². The Morgan fingerprint density at radius 1 is 1.09 bits per heavy atom. The Morgan fingerprint density at radius 3 is 2.28 bits per heavy atom. The highest BCUT2D eigenvalue weighted by molar-refractivity contribution is 5.76. The molecule has 0 spiro atoms. The van der Waals surface area contributed by atoms with E-state index in [1.165, 1.54) is 18.9 Å². The monoisotopic (exact) mass is 457 g/mol. The summed E-state index contributed by atoms with van der Waals surface area (Å²) >= 11 is 0. The minimum Gasteiger partial charge on any atom is -0.385 e. The van der Waals surface area contributed by atoms with E-state index in [1.54, 1.807) is 0 Å². The van der Waals surface area contributed by atoms with Gasteiger partial charge in [-0.05, 0) is 37.8 Å². The van der Waals surface area contributed by atoms with Crippen LogP contribution in [0.25, 0.3) is 0 Å². The van der Waals surface area contributed by atoms with Crippen molar-refractivity contribution in [1.82, 2.24) is 4.90 Å². The molecule has 1 aromatic carbocycles. The third-order valence-electron chi connectivity index (χ3n) is 6.16. The van der Waals surface area contributed by atoms with E-state index in [1.807, 2.05) is 11.9 Å². The van der Waals surface area contributed by atoms with E-state index in [0.717, 1.165) is 69.9 Å². The first-order valence-electron chi connectivity index (χ1n) is 11.6. The number of nitro benzene ring substituents is 1. The number of rotatable bonds is 13. The van der Waals surface area contributed by atoms with Crippen LogP contribution < -0.4 is 5.32 Å². The normalized spacial score (nSPS) is 14.5. The minimum atomic E-state index is -4.77. The van der Waals surface area contributed by atoms with Crippen molar-refractivity contribution in [3.8, 4) is 0 Å². The lowest BCUT2D eigenvalue weighted by Gasteiger charge is -2.24. The van der Waals surface area contributed by atoms with E-state index in [0.29, 0.717) is 19.0 Å². The average Bonchev–Trinajstić information content (AvgIpc) is 3.28. The fraction of sp³-hybridized carbons (Fsp3) is 0.696. The Balaban J connectivity index is 1.54. The largest absolute Gasteiger partial charge is 0.423 e. The van der Waals surface area contributed by atoms with Crippen molar-refractivity contribution in [2.45, 2.75) is 89.3 Å². The molecule has 1 N–H and O–H groups in total. The number of alkyl halides is 3. The van der Waals surface area contributed by atoms with Gasteiger partial charge in [-0.2, -0.15) is 13.2 Å². The summed E-state index contributed by atoms with van der Waals surface area (Å²) in [6.45, 7) is 0.511. The van der Waals surface area contributed by atoms with Gasteiger partial charge in [0.25, 0.3) is 5.69 Å². The van der Waals surface area contributed by atoms with E-state index in [9.17, 15) is 28.1 Å². The topological polar surface area (TPSA) is 75.5 Å². The van der Waals surface area contributed by atoms with Crippen LogP contribution in [0.4, 0.5) is 24.5 Å². The molecule has 0 aliphatic heterocycles. The zero-order chi connectivity index (χ0) is 23.6. The molecule has 1 amide bonds. The zero-order valence-corrected chi connectivity index (χ0v) is 18.8. The number of carbonyl (C=O) groups is 1. The maximum atomic E-state index is 13.0. The number of amides is 1. The molecule has 0 atom stereocenters. The molecule has 2 rings (SSSR count). The second-order valence-corrected chi connectivity index (χ2v) is 8.58. The lowest BCUT2D eigenvalue weighted by atomic mass is 10.1. The predicted octanol–water partition coefficient (Wildman–Crippen LogP) is 6.55. The number of hydrogen-bond acceptors (Lipinski definition) is 4. The summed E-state index contributed by atoms with van der Waals surface area (Å²) in [7, 11) is 1.92. The van der Waals surface area contributed by atoms with E-state index in [4.69, 9.17) is 0 Å². The average molecular weight is 458 g/mol. The Kier molecular flexibility index (Phi) is 10.3. The summed E-state index contributed by atoms with van der Waals surface area (Å²) in [5, 5.41) is 13.7. The van der Waals surface area contributed by atoms with Gasteiger partial charge in [0, 0.05) is 37.8 Å². The molecule has 0 unspecified atom stereocenters. The summed E-state index contributed by atoms with van der Waals surface area (Å²) < 4.78 is 39.0. The second-order valence-electron chi connectivity index (χ2n) is 8.58. The highest BCUT2D eigenvalue weighted by Crippen LogP contribution is 2.37. The molecule has 9 heteroatoms. The molecule has 1 aliphatic rings. The van der Waals surface area contributed by atoms with Crippen LogP contribution >= 0.6 is 0 Å². The molecule has 1 fully saturated rings. The van der Waals surface area contributed by atoms with Crippen molar-refractivity contribution < 1.29 is 22.9 Å². The fourth-order valence-electron chi connectivity index (χ4n) is 4.22. The van der Waals surface area contributed by atoms with Crippen molar-refractivity contribution in [1.29, 1.82) is 0 Å². The van der Waals surface area contributed by atoms with Crippen LogP contribution in [0.1, 0.15) is 82.6 Å². The van der Waals surface area contributed by atoms with E-state index in [2.05, 4.69) is 5.32 Å². The number of carbonyl (C=O) groups excluding carboxylic acids is 1. The first-order chi connectivity index (χ1) is 15.2. The third kappa shape index (κ3) is 8.31. The minimum absolute atomic E-state index is 0.232. The van der Waals surface area contributed by atoms with Gasteiger partial charge in [-0.3, -0.25) is 14.9 Å². The lowest BCUT2D eigenvalue weighted by Crippen LogP contribution is -2.34. The quantitative estimate of drug-likeness (QED) is 0.207. The van der Waals surface area contributed by atoms with Crippen LogP contribution in [0.5, 0.6) is 0 Å². The number of halogens is 3. The lowest BCUT2D eigenvalue weighted by molar-refractivity contribution is -0.388. The van der Waals surface area contributed by atoms with Crippen LogP contribution in [0.2, 0.25) is 0 Å². The van der Waals surface area contributed by atoms with Gasteiger partial charge in [0.1, 0.15) is 5.56 Å². The first-order valence-corrected chi connectivity index (χ1v) is 11.6. The number of nitrogens with zero attached hydrogens (tertiary/aromatic N) is 2. The van der Waals surface area contributed by atoms with Gasteiger partial charge in [-0.1, -0.05) is 44.9 Å². The number of benzene rings is 1. The Labute approximate surface area is 187 Å². The molecule has 0 aromatic heterocycles. The number of unbranched alkanes of at least 4 members (excludes halogenated alkanes) is 6. The first kappa shape index (κ1) is 25.9. The molecule has 6 nitrogen and oxygen atoms in total. The number of anilines is 1. The van der Waals surface area contributed by atoms with Gasteiger partial charge < -0.3 is 10.2 Å². The Hall–Kier alpha value is -2.32. The molecular weight excluding hydrogens is 423 g/mol. The molecule has 180 valence electrons. The zero-order valence-electron chi connectivity index (χ0n) is 18.8. The summed E-state index contributed by atoms with van der Waals surface area (Å²) in [4.78, 5) is 23.9. The van der Waals surface area contributed by atoms with Crippen molar-refractivity contribution in [2.24, 2.45) is 0 Å². The summed E-state index contributed by atoms with van der Waals surface area (Å²) in [5.74, 6) is 0.253. The molecule has 1 saturated carbocycles. The van der Waals surface area contributed by atoms with Crippen molar-refractivity contribution in [2.75, 3.05) is 18.9 Å². The second kappa shape index (κ2) is 12.6. The van der Waals surface area contributed by atoms with E-state index < -0.39 is 22.4 Å². The van der Waals surface area contributed by atoms with Gasteiger partial charge >= 0.3 is 6.18 Å². The number of nitro groups is 1.